The van der Waals surface area contributed by atoms with Crippen molar-refractivity contribution in [1.29, 1.82) is 0 Å². The number of aromatic nitrogens is 2. The van der Waals surface area contributed by atoms with E-state index in [9.17, 15) is 4.79 Å². The van der Waals surface area contributed by atoms with Crippen molar-refractivity contribution >= 4 is 33.3 Å². The number of hydrogen-bond acceptors (Lipinski definition) is 5. The topological polar surface area (TPSA) is 58.1 Å². The summed E-state index contributed by atoms with van der Waals surface area (Å²) in [5.74, 6) is 1.98. The third kappa shape index (κ3) is 2.17. The lowest BCUT2D eigenvalue weighted by molar-refractivity contribution is -0.120. The maximum atomic E-state index is 11.8. The number of carbonyl (C=O) groups is 1. The first-order valence-corrected chi connectivity index (χ1v) is 8.77. The van der Waals surface area contributed by atoms with E-state index >= 15 is 0 Å². The summed E-state index contributed by atoms with van der Waals surface area (Å²) in [6.07, 6.45) is 4.06. The largest absolute Gasteiger partial charge is 0.354 e. The van der Waals surface area contributed by atoms with Gasteiger partial charge in [0.25, 0.3) is 0 Å². The fourth-order valence-electron chi connectivity index (χ4n) is 3.59. The Balaban J connectivity index is 1.88. The number of thiophene rings is 1. The molecule has 0 saturated carbocycles. The van der Waals surface area contributed by atoms with E-state index in [-0.39, 0.29) is 11.9 Å². The highest BCUT2D eigenvalue weighted by atomic mass is 32.1. The number of fused-ring (bicyclic) bond motifs is 3. The molecule has 0 aromatic carbocycles. The van der Waals surface area contributed by atoms with E-state index in [4.69, 9.17) is 4.98 Å². The van der Waals surface area contributed by atoms with Crippen LogP contribution in [0.5, 0.6) is 0 Å². The molecule has 2 aromatic rings. The van der Waals surface area contributed by atoms with Gasteiger partial charge in [0, 0.05) is 30.4 Å². The van der Waals surface area contributed by atoms with Crippen molar-refractivity contribution in [2.75, 3.05) is 18.0 Å². The molecule has 1 aliphatic carbocycles. The summed E-state index contributed by atoms with van der Waals surface area (Å²) in [6.45, 7) is 5.56. The predicted octanol–water partition coefficient (Wildman–Crippen LogP) is 2.20. The van der Waals surface area contributed by atoms with Crippen molar-refractivity contribution in [2.45, 2.75) is 45.6 Å². The second-order valence-corrected chi connectivity index (χ2v) is 7.31. The van der Waals surface area contributed by atoms with Crippen LogP contribution >= 0.6 is 11.3 Å². The van der Waals surface area contributed by atoms with E-state index in [1.54, 1.807) is 0 Å². The fraction of sp³-hybridized carbons (Fsp3) is 0.562. The van der Waals surface area contributed by atoms with Gasteiger partial charge in [-0.1, -0.05) is 0 Å². The summed E-state index contributed by atoms with van der Waals surface area (Å²) in [7, 11) is 0. The first-order valence-electron chi connectivity index (χ1n) is 7.95. The smallest absolute Gasteiger partial charge is 0.222 e. The highest BCUT2D eigenvalue weighted by Crippen LogP contribution is 2.41. The number of anilines is 1. The van der Waals surface area contributed by atoms with Crippen molar-refractivity contribution in [3.63, 3.8) is 0 Å². The van der Waals surface area contributed by atoms with E-state index in [0.717, 1.165) is 29.4 Å². The zero-order valence-electron chi connectivity index (χ0n) is 13.0. The molecular formula is C16H20N4OS. The normalized spacial score (nSPS) is 21.8. The Labute approximate surface area is 133 Å². The molecule has 3 heterocycles. The molecule has 0 spiro atoms. The first-order chi connectivity index (χ1) is 10.6. The lowest BCUT2D eigenvalue weighted by Gasteiger charge is -2.28. The minimum Gasteiger partial charge on any atom is -0.354 e. The Morgan fingerprint density at radius 1 is 1.32 bits per heavy atom. The van der Waals surface area contributed by atoms with Crippen molar-refractivity contribution in [3.8, 4) is 0 Å². The van der Waals surface area contributed by atoms with Crippen LogP contribution in [0.4, 0.5) is 5.82 Å². The van der Waals surface area contributed by atoms with Crippen LogP contribution in [0.3, 0.4) is 0 Å². The molecule has 22 heavy (non-hydrogen) atoms. The second kappa shape index (κ2) is 5.19. The van der Waals surface area contributed by atoms with Gasteiger partial charge in [0.05, 0.1) is 5.39 Å². The molecule has 1 amide bonds. The van der Waals surface area contributed by atoms with Crippen molar-refractivity contribution < 1.29 is 4.79 Å². The third-order valence-corrected chi connectivity index (χ3v) is 5.80. The Bertz CT molecular complexity index is 754. The van der Waals surface area contributed by atoms with Crippen molar-refractivity contribution in [3.05, 3.63) is 16.3 Å². The van der Waals surface area contributed by atoms with Gasteiger partial charge in [-0.25, -0.2) is 9.97 Å². The van der Waals surface area contributed by atoms with Gasteiger partial charge in [-0.3, -0.25) is 4.79 Å². The van der Waals surface area contributed by atoms with Gasteiger partial charge in [0.1, 0.15) is 16.5 Å². The van der Waals surface area contributed by atoms with Gasteiger partial charge in [-0.2, -0.15) is 0 Å². The monoisotopic (exact) mass is 316 g/mol. The number of nitrogens with zero attached hydrogens (tertiary/aromatic N) is 3. The fourth-order valence-corrected chi connectivity index (χ4v) is 4.89. The minimum absolute atomic E-state index is 0.132. The summed E-state index contributed by atoms with van der Waals surface area (Å²) in [4.78, 5) is 26.1. The maximum absolute atomic E-state index is 11.8. The van der Waals surface area contributed by atoms with E-state index in [0.29, 0.717) is 13.0 Å². The van der Waals surface area contributed by atoms with Gasteiger partial charge in [-0.15, -0.1) is 11.3 Å². The van der Waals surface area contributed by atoms with Crippen LogP contribution in [0.25, 0.3) is 10.2 Å². The van der Waals surface area contributed by atoms with Crippen LogP contribution in [-0.4, -0.2) is 35.0 Å². The lowest BCUT2D eigenvalue weighted by Crippen LogP contribution is -2.35. The zero-order valence-corrected chi connectivity index (χ0v) is 13.8. The molecule has 0 radical (unpaired) electrons. The van der Waals surface area contributed by atoms with Crippen LogP contribution < -0.4 is 10.2 Å². The molecule has 1 unspecified atom stereocenters. The average molecular weight is 316 g/mol. The standard InChI is InChI=1S/C16H20N4OS/c1-9-8-13(21)17-6-7-20(9)15-14-11-4-3-5-12(11)22-16(14)19-10(2)18-15/h9H,3-8H2,1-2H3,(H,17,21). The molecule has 1 atom stereocenters. The van der Waals surface area contributed by atoms with Gasteiger partial charge in [-0.05, 0) is 38.7 Å². The summed E-state index contributed by atoms with van der Waals surface area (Å²) in [5, 5.41) is 4.20. The third-order valence-electron chi connectivity index (χ3n) is 4.62. The van der Waals surface area contributed by atoms with E-state index in [1.165, 1.54) is 28.7 Å². The van der Waals surface area contributed by atoms with E-state index in [2.05, 4.69) is 22.1 Å². The average Bonchev–Trinajstić information content (AvgIpc) is 2.97. The van der Waals surface area contributed by atoms with Gasteiger partial charge in [0.15, 0.2) is 0 Å². The molecule has 0 bridgehead atoms. The van der Waals surface area contributed by atoms with Crippen LogP contribution in [0, 0.1) is 6.92 Å². The molecule has 1 saturated heterocycles. The predicted molar refractivity (Wildman–Crippen MR) is 88.6 cm³/mol. The number of aryl methyl sites for hydroxylation is 3. The minimum atomic E-state index is 0.132. The SMILES string of the molecule is Cc1nc(N2CCNC(=O)CC2C)c2c3c(sc2n1)CCC3. The molecule has 5 nitrogen and oxygen atoms in total. The molecule has 1 aliphatic heterocycles. The number of nitrogens with one attached hydrogen (secondary N) is 1. The Morgan fingerprint density at radius 3 is 3.05 bits per heavy atom. The van der Waals surface area contributed by atoms with Crippen LogP contribution in [-0.2, 0) is 17.6 Å². The zero-order chi connectivity index (χ0) is 15.3. The van der Waals surface area contributed by atoms with E-state index < -0.39 is 0 Å². The van der Waals surface area contributed by atoms with Crippen LogP contribution in [0.2, 0.25) is 0 Å². The summed E-state index contributed by atoms with van der Waals surface area (Å²) >= 11 is 1.83. The molecule has 6 heteroatoms. The van der Waals surface area contributed by atoms with E-state index in [1.807, 2.05) is 18.3 Å². The second-order valence-electron chi connectivity index (χ2n) is 6.23. The van der Waals surface area contributed by atoms with Gasteiger partial charge >= 0.3 is 0 Å². The van der Waals surface area contributed by atoms with Crippen LogP contribution in [0.1, 0.15) is 36.0 Å². The maximum Gasteiger partial charge on any atom is 0.222 e. The van der Waals surface area contributed by atoms with Gasteiger partial charge < -0.3 is 10.2 Å². The molecule has 2 aliphatic rings. The number of carbonyl (C=O) groups excluding carboxylic acids is 1. The Kier molecular flexibility index (Phi) is 3.29. The molecule has 116 valence electrons. The Morgan fingerprint density at radius 2 is 2.18 bits per heavy atom. The lowest BCUT2D eigenvalue weighted by atomic mass is 10.1. The number of amides is 1. The number of hydrogen-bond donors (Lipinski definition) is 1. The molecule has 4 rings (SSSR count). The van der Waals surface area contributed by atoms with Crippen molar-refractivity contribution in [1.82, 2.24) is 15.3 Å². The number of rotatable bonds is 1. The summed E-state index contributed by atoms with van der Waals surface area (Å²) in [6, 6.07) is 0.164. The highest BCUT2D eigenvalue weighted by molar-refractivity contribution is 7.19. The van der Waals surface area contributed by atoms with Crippen molar-refractivity contribution in [2.24, 2.45) is 0 Å². The summed E-state index contributed by atoms with van der Waals surface area (Å²) in [5.41, 5.74) is 1.45. The molecular weight excluding hydrogens is 296 g/mol. The molecule has 2 aromatic heterocycles. The first kappa shape index (κ1) is 13.9. The summed E-state index contributed by atoms with van der Waals surface area (Å²) < 4.78 is 0. The van der Waals surface area contributed by atoms with Gasteiger partial charge in [0.2, 0.25) is 5.91 Å². The quantitative estimate of drug-likeness (QED) is 0.876. The Hall–Kier alpha value is -1.69. The molecule has 1 N–H and O–H groups in total. The van der Waals surface area contributed by atoms with Crippen LogP contribution in [0.15, 0.2) is 0 Å². The highest BCUT2D eigenvalue weighted by Gasteiger charge is 2.28. The molecule has 1 fully saturated rings.